The third-order valence-corrected chi connectivity index (χ3v) is 2.92. The molecule has 0 saturated carbocycles. The fraction of sp³-hybridized carbons (Fsp3) is 0.154. The Morgan fingerprint density at radius 3 is 2.60 bits per heavy atom. The Kier molecular flexibility index (Phi) is 5.29. The summed E-state index contributed by atoms with van der Waals surface area (Å²) in [4.78, 5) is 16.2. The first kappa shape index (κ1) is 15.6. The van der Waals surface area contributed by atoms with Crippen LogP contribution in [-0.4, -0.2) is 13.1 Å². The lowest BCUT2D eigenvalue weighted by atomic mass is 10.1. The molecule has 4 nitrogen and oxygen atoms in total. The fourth-order valence-electron chi connectivity index (χ4n) is 1.58. The Morgan fingerprint density at radius 1 is 1.25 bits per heavy atom. The van der Waals surface area contributed by atoms with Gasteiger partial charge < -0.3 is 4.74 Å². The Balaban J connectivity index is 2.20. The first-order valence-electron chi connectivity index (χ1n) is 5.63. The Labute approximate surface area is 141 Å². The van der Waals surface area contributed by atoms with Crippen LogP contribution in [0.5, 0.6) is 5.88 Å². The molecular weight excluding hydrogens is 456 g/mol. The van der Waals surface area contributed by atoms with E-state index in [2.05, 4.69) is 52.8 Å². The average Bonchev–Trinajstić information content (AvgIpc) is 2.40. The molecule has 1 aromatic heterocycles. The van der Waals surface area contributed by atoms with E-state index in [1.165, 1.54) is 6.20 Å². The summed E-state index contributed by atoms with van der Waals surface area (Å²) in [7, 11) is 0. The van der Waals surface area contributed by atoms with Gasteiger partial charge >= 0.3 is 5.88 Å². The number of halogens is 3. The first-order valence-corrected chi connectivity index (χ1v) is 8.01. The predicted octanol–water partition coefficient (Wildman–Crippen LogP) is 3.43. The van der Waals surface area contributed by atoms with Gasteiger partial charge in [0.05, 0.1) is 6.20 Å². The molecule has 0 N–H and O–H groups in total. The number of benzene rings is 1. The molecule has 20 heavy (non-hydrogen) atoms. The van der Waals surface area contributed by atoms with Gasteiger partial charge in [-0.25, -0.2) is 4.98 Å². The molecule has 0 aliphatic heterocycles. The fourth-order valence-corrected chi connectivity index (χ4v) is 2.08. The van der Waals surface area contributed by atoms with Crippen molar-refractivity contribution in [3.8, 4) is 5.88 Å². The number of ketones is 1. The van der Waals surface area contributed by atoms with Crippen LogP contribution in [0.3, 0.4) is 0 Å². The summed E-state index contributed by atoms with van der Waals surface area (Å²) < 4.78 is 6.35. The van der Waals surface area contributed by atoms with E-state index in [1.807, 2.05) is 18.2 Å². The van der Waals surface area contributed by atoms with Crippen molar-refractivity contribution in [3.63, 3.8) is 0 Å². The number of hydrogen-bond acceptors (Lipinski definition) is 3. The number of nitrogens with zero attached hydrogens (tertiary/aromatic N) is 2. The predicted molar refractivity (Wildman–Crippen MR) is 85.3 cm³/mol. The maximum Gasteiger partial charge on any atom is 0.389 e. The molecule has 0 unspecified atom stereocenters. The van der Waals surface area contributed by atoms with E-state index in [1.54, 1.807) is 29.1 Å². The SMILES string of the molecule is O=C(C[n+]1ccncc1OC(Br)(Br)Br)c1ccccc1. The molecule has 0 bridgehead atoms. The zero-order valence-electron chi connectivity index (χ0n) is 10.2. The number of hydrogen-bond donors (Lipinski definition) is 0. The molecule has 2 aromatic rings. The molecule has 0 atom stereocenters. The van der Waals surface area contributed by atoms with Crippen LogP contribution in [0.2, 0.25) is 0 Å². The monoisotopic (exact) mass is 463 g/mol. The van der Waals surface area contributed by atoms with Gasteiger partial charge in [0.2, 0.25) is 12.3 Å². The third-order valence-electron chi connectivity index (χ3n) is 2.43. The molecule has 0 saturated heterocycles. The lowest BCUT2D eigenvalue weighted by molar-refractivity contribution is -0.689. The van der Waals surface area contributed by atoms with Gasteiger partial charge in [-0.1, -0.05) is 30.3 Å². The van der Waals surface area contributed by atoms with Gasteiger partial charge in [-0.05, 0) is 47.8 Å². The van der Waals surface area contributed by atoms with Gasteiger partial charge in [0.25, 0.3) is 2.33 Å². The highest BCUT2D eigenvalue weighted by Gasteiger charge is 2.26. The lowest BCUT2D eigenvalue weighted by Gasteiger charge is -2.12. The van der Waals surface area contributed by atoms with Crippen LogP contribution >= 0.6 is 47.8 Å². The van der Waals surface area contributed by atoms with Crippen LogP contribution in [0.15, 0.2) is 48.9 Å². The number of Topliss-reactive ketones (excluding diaryl/α,β-unsaturated/α-hetero) is 1. The minimum atomic E-state index is -0.895. The van der Waals surface area contributed by atoms with Crippen LogP contribution in [0.1, 0.15) is 10.4 Å². The summed E-state index contributed by atoms with van der Waals surface area (Å²) in [5.41, 5.74) is 0.658. The van der Waals surface area contributed by atoms with Crippen molar-refractivity contribution in [2.75, 3.05) is 0 Å². The molecule has 0 amide bonds. The summed E-state index contributed by atoms with van der Waals surface area (Å²) in [6, 6.07) is 9.12. The second-order valence-electron chi connectivity index (χ2n) is 3.88. The summed E-state index contributed by atoms with van der Waals surface area (Å²) >= 11 is 9.74. The molecule has 0 aliphatic rings. The van der Waals surface area contributed by atoms with Crippen LogP contribution in [0.25, 0.3) is 0 Å². The summed E-state index contributed by atoms with van der Waals surface area (Å²) in [5.74, 6) is 0.443. The van der Waals surface area contributed by atoms with E-state index in [0.717, 1.165) is 0 Å². The van der Waals surface area contributed by atoms with Crippen molar-refractivity contribution in [1.82, 2.24) is 4.98 Å². The zero-order valence-corrected chi connectivity index (χ0v) is 14.9. The number of ether oxygens (including phenoxy) is 1. The second-order valence-corrected chi connectivity index (χ2v) is 10.4. The average molecular weight is 466 g/mol. The number of carbonyl (C=O) groups excluding carboxylic acids is 1. The zero-order chi connectivity index (χ0) is 14.6. The van der Waals surface area contributed by atoms with E-state index in [4.69, 9.17) is 4.74 Å². The smallest absolute Gasteiger partial charge is 0.389 e. The van der Waals surface area contributed by atoms with Gasteiger partial charge in [-0.15, -0.1) is 0 Å². The summed E-state index contributed by atoms with van der Waals surface area (Å²) in [6.45, 7) is 0.172. The molecule has 0 spiro atoms. The quantitative estimate of drug-likeness (QED) is 0.395. The van der Waals surface area contributed by atoms with Crippen molar-refractivity contribution < 1.29 is 14.1 Å². The molecule has 0 radical (unpaired) electrons. The van der Waals surface area contributed by atoms with Crippen LogP contribution in [0, 0.1) is 0 Å². The lowest BCUT2D eigenvalue weighted by Crippen LogP contribution is -2.40. The minimum Gasteiger partial charge on any atom is -0.404 e. The van der Waals surface area contributed by atoms with Crippen LogP contribution in [0.4, 0.5) is 0 Å². The molecule has 7 heteroatoms. The molecule has 1 heterocycles. The number of alkyl halides is 3. The normalized spacial score (nSPS) is 11.2. The van der Waals surface area contributed by atoms with E-state index >= 15 is 0 Å². The Morgan fingerprint density at radius 2 is 1.95 bits per heavy atom. The Bertz CT molecular complexity index is 600. The molecule has 0 fully saturated rings. The minimum absolute atomic E-state index is 0.00373. The second kappa shape index (κ2) is 6.78. The molecule has 0 aliphatic carbocycles. The van der Waals surface area contributed by atoms with Gasteiger partial charge in [0.1, 0.15) is 6.20 Å². The molecular formula is C13H10Br3N2O2+. The van der Waals surface area contributed by atoms with Crippen LogP contribution < -0.4 is 9.30 Å². The molecule has 2 rings (SSSR count). The highest BCUT2D eigenvalue weighted by atomic mass is 80.0. The van der Waals surface area contributed by atoms with Crippen molar-refractivity contribution in [1.29, 1.82) is 0 Å². The largest absolute Gasteiger partial charge is 0.404 e. The van der Waals surface area contributed by atoms with Crippen molar-refractivity contribution in [2.45, 2.75) is 8.87 Å². The molecule has 104 valence electrons. The number of aromatic nitrogens is 2. The number of rotatable bonds is 4. The standard InChI is InChI=1S/C13H10Br3N2O2/c14-13(15,16)20-12-8-17-6-7-18(12)9-11(19)10-4-2-1-3-5-10/h1-8H,9H2/q+1. The van der Waals surface area contributed by atoms with Crippen molar-refractivity contribution >= 4 is 53.6 Å². The van der Waals surface area contributed by atoms with Gasteiger partial charge in [-0.2, -0.15) is 4.57 Å². The highest BCUT2D eigenvalue weighted by Crippen LogP contribution is 2.34. The maximum atomic E-state index is 12.2. The number of carbonyl (C=O) groups is 1. The maximum absolute atomic E-state index is 12.2. The Hall–Kier alpha value is -0.790. The van der Waals surface area contributed by atoms with E-state index in [9.17, 15) is 4.79 Å². The van der Waals surface area contributed by atoms with Crippen LogP contribution in [-0.2, 0) is 6.54 Å². The third kappa shape index (κ3) is 4.64. The van der Waals surface area contributed by atoms with Gasteiger partial charge in [0.15, 0.2) is 6.20 Å². The van der Waals surface area contributed by atoms with Gasteiger partial charge in [0, 0.05) is 5.56 Å². The van der Waals surface area contributed by atoms with Gasteiger partial charge in [-0.3, -0.25) is 4.79 Å². The van der Waals surface area contributed by atoms with E-state index in [-0.39, 0.29) is 12.3 Å². The van der Waals surface area contributed by atoms with Crippen molar-refractivity contribution in [3.05, 3.63) is 54.5 Å². The summed E-state index contributed by atoms with van der Waals surface area (Å²) in [5, 5.41) is 0. The summed E-state index contributed by atoms with van der Waals surface area (Å²) in [6.07, 6.45) is 4.83. The first-order chi connectivity index (χ1) is 9.46. The topological polar surface area (TPSA) is 43.1 Å². The van der Waals surface area contributed by atoms with E-state index < -0.39 is 2.33 Å². The highest BCUT2D eigenvalue weighted by molar-refractivity contribution is 9.39. The van der Waals surface area contributed by atoms with Crippen molar-refractivity contribution in [2.24, 2.45) is 0 Å². The van der Waals surface area contributed by atoms with E-state index in [0.29, 0.717) is 11.4 Å². The molecule has 1 aromatic carbocycles.